The van der Waals surface area contributed by atoms with E-state index in [4.69, 9.17) is 0 Å². The molecule has 0 bridgehead atoms. The number of hydrogen-bond acceptors (Lipinski definition) is 3. The van der Waals surface area contributed by atoms with Gasteiger partial charge < -0.3 is 5.32 Å². The summed E-state index contributed by atoms with van der Waals surface area (Å²) in [7, 11) is 0. The molecule has 6 heteroatoms. The molecule has 0 aliphatic carbocycles. The number of rotatable bonds is 5. The molecule has 0 saturated carbocycles. The minimum atomic E-state index is -0.310. The number of amides is 1. The Kier molecular flexibility index (Phi) is 5.53. The highest BCUT2D eigenvalue weighted by atomic mass is 32.2. The number of nitrogens with one attached hydrogen (secondary N) is 1. The van der Waals surface area contributed by atoms with Crippen molar-refractivity contribution in [1.82, 2.24) is 10.3 Å². The van der Waals surface area contributed by atoms with Gasteiger partial charge in [0.15, 0.2) is 11.9 Å². The zero-order valence-corrected chi connectivity index (χ0v) is 15.2. The molecule has 1 fully saturated rings. The summed E-state index contributed by atoms with van der Waals surface area (Å²) in [5.41, 5.74) is 1.97. The quantitative estimate of drug-likeness (QED) is 0.510. The molecule has 1 aliphatic rings. The SMILES string of the molecule is CC(C)=[N+]=NN1CNC(=O)C1Cc1ccc(Sc2ccccc2)cc1. The fourth-order valence-electron chi connectivity index (χ4n) is 2.50. The summed E-state index contributed by atoms with van der Waals surface area (Å²) < 4.78 is 0. The van der Waals surface area contributed by atoms with Gasteiger partial charge in [0.05, 0.1) is 0 Å². The van der Waals surface area contributed by atoms with E-state index in [0.717, 1.165) is 11.3 Å². The van der Waals surface area contributed by atoms with Crippen LogP contribution in [0.15, 0.2) is 69.6 Å². The van der Waals surface area contributed by atoms with E-state index in [1.807, 2.05) is 32.0 Å². The first kappa shape index (κ1) is 17.3. The van der Waals surface area contributed by atoms with Gasteiger partial charge >= 0.3 is 0 Å². The van der Waals surface area contributed by atoms with E-state index in [0.29, 0.717) is 13.1 Å². The van der Waals surface area contributed by atoms with Gasteiger partial charge in [-0.3, -0.25) is 4.79 Å². The summed E-state index contributed by atoms with van der Waals surface area (Å²) in [6, 6.07) is 18.3. The zero-order chi connectivity index (χ0) is 17.6. The first-order valence-corrected chi connectivity index (χ1v) is 9.01. The normalized spacial score (nSPS) is 16.3. The Balaban J connectivity index is 1.68. The van der Waals surface area contributed by atoms with Gasteiger partial charge in [-0.2, -0.15) is 0 Å². The molecule has 128 valence electrons. The van der Waals surface area contributed by atoms with Crippen molar-refractivity contribution >= 4 is 23.4 Å². The maximum atomic E-state index is 12.1. The highest BCUT2D eigenvalue weighted by molar-refractivity contribution is 7.99. The lowest BCUT2D eigenvalue weighted by Gasteiger charge is -2.09. The molecule has 0 spiro atoms. The molecule has 1 saturated heterocycles. The predicted octanol–water partition coefficient (Wildman–Crippen LogP) is 3.19. The molecular weight excluding hydrogens is 332 g/mol. The Morgan fingerprint density at radius 2 is 1.84 bits per heavy atom. The summed E-state index contributed by atoms with van der Waals surface area (Å²) in [6.45, 7) is 4.17. The fraction of sp³-hybridized carbons (Fsp3) is 0.263. The molecule has 1 unspecified atom stereocenters. The van der Waals surface area contributed by atoms with Gasteiger partial charge in [-0.15, -0.1) is 5.01 Å². The number of carbonyl (C=O) groups excluding carboxylic acids is 1. The van der Waals surface area contributed by atoms with E-state index in [9.17, 15) is 4.79 Å². The van der Waals surface area contributed by atoms with Gasteiger partial charge in [-0.25, -0.2) is 0 Å². The average molecular weight is 353 g/mol. The molecule has 3 rings (SSSR count). The highest BCUT2D eigenvalue weighted by Crippen LogP contribution is 2.27. The van der Waals surface area contributed by atoms with Crippen LogP contribution >= 0.6 is 11.8 Å². The standard InChI is InChI=1S/C19H20N4OS/c1-14(2)21-22-23-13-20-19(24)18(23)12-15-8-10-17(11-9-15)25-16-6-4-3-5-7-16/h3-11,18H,12-13H2,1-2H3/p+1. The van der Waals surface area contributed by atoms with E-state index in [2.05, 4.69) is 51.7 Å². The van der Waals surface area contributed by atoms with Crippen molar-refractivity contribution in [3.63, 3.8) is 0 Å². The van der Waals surface area contributed by atoms with Crippen LogP contribution in [-0.2, 0) is 11.2 Å². The van der Waals surface area contributed by atoms with Crippen LogP contribution in [0.4, 0.5) is 0 Å². The van der Waals surface area contributed by atoms with Crippen LogP contribution in [0.5, 0.6) is 0 Å². The van der Waals surface area contributed by atoms with Gasteiger partial charge in [0.2, 0.25) is 11.8 Å². The van der Waals surface area contributed by atoms with Crippen LogP contribution in [0.2, 0.25) is 0 Å². The average Bonchev–Trinajstić information content (AvgIpc) is 2.96. The predicted molar refractivity (Wildman–Crippen MR) is 98.4 cm³/mol. The molecule has 25 heavy (non-hydrogen) atoms. The summed E-state index contributed by atoms with van der Waals surface area (Å²) >= 11 is 1.73. The fourth-order valence-corrected chi connectivity index (χ4v) is 3.34. The van der Waals surface area contributed by atoms with Crippen molar-refractivity contribution < 1.29 is 9.58 Å². The second-order valence-electron chi connectivity index (χ2n) is 6.05. The maximum Gasteiger partial charge on any atom is 0.270 e. The van der Waals surface area contributed by atoms with Crippen LogP contribution in [0, 0.1) is 0 Å². The molecule has 0 radical (unpaired) electrons. The second kappa shape index (κ2) is 8.01. The first-order valence-electron chi connectivity index (χ1n) is 8.20. The van der Waals surface area contributed by atoms with Gasteiger partial charge in [-0.05, 0) is 29.8 Å². The lowest BCUT2D eigenvalue weighted by molar-refractivity contribution is -0.150. The lowest BCUT2D eigenvalue weighted by atomic mass is 10.1. The van der Waals surface area contributed by atoms with E-state index < -0.39 is 0 Å². The van der Waals surface area contributed by atoms with Crippen LogP contribution in [0.1, 0.15) is 19.4 Å². The monoisotopic (exact) mass is 353 g/mol. The van der Waals surface area contributed by atoms with Gasteiger partial charge in [-0.1, -0.05) is 46.9 Å². The summed E-state index contributed by atoms with van der Waals surface area (Å²) in [6.07, 6.45) is 0.615. The topological polar surface area (TPSA) is 58.8 Å². The third kappa shape index (κ3) is 4.72. The van der Waals surface area contributed by atoms with Crippen LogP contribution in [0.25, 0.3) is 0 Å². The van der Waals surface area contributed by atoms with Crippen LogP contribution in [0.3, 0.4) is 0 Å². The third-order valence-electron chi connectivity index (χ3n) is 3.77. The molecular formula is C19H21N4OS+. The molecule has 2 aromatic carbocycles. The van der Waals surface area contributed by atoms with Crippen molar-refractivity contribution in [2.75, 3.05) is 6.67 Å². The Bertz CT molecular complexity index is 794. The molecule has 1 amide bonds. The first-order chi connectivity index (χ1) is 12.1. The summed E-state index contributed by atoms with van der Waals surface area (Å²) in [4.78, 5) is 18.5. The van der Waals surface area contributed by atoms with E-state index in [-0.39, 0.29) is 11.9 Å². The van der Waals surface area contributed by atoms with E-state index in [1.165, 1.54) is 9.79 Å². The molecule has 2 aromatic rings. The van der Waals surface area contributed by atoms with Crippen molar-refractivity contribution in [1.29, 1.82) is 0 Å². The summed E-state index contributed by atoms with van der Waals surface area (Å²) in [5, 5.41) is 8.70. The molecule has 1 heterocycles. The molecule has 1 aliphatic heterocycles. The summed E-state index contributed by atoms with van der Waals surface area (Å²) in [5.74, 6) is -0.00422. The highest BCUT2D eigenvalue weighted by Gasteiger charge is 2.38. The van der Waals surface area contributed by atoms with Crippen LogP contribution in [-0.4, -0.2) is 34.1 Å². The molecule has 1 atom stereocenters. The Hall–Kier alpha value is -2.56. The van der Waals surface area contributed by atoms with Crippen molar-refractivity contribution in [3.8, 4) is 0 Å². The Labute approximate surface area is 151 Å². The maximum absolute atomic E-state index is 12.1. The number of hydrogen-bond donors (Lipinski definition) is 1. The Morgan fingerprint density at radius 3 is 2.52 bits per heavy atom. The zero-order valence-electron chi connectivity index (χ0n) is 14.3. The van der Waals surface area contributed by atoms with E-state index >= 15 is 0 Å². The van der Waals surface area contributed by atoms with Crippen molar-refractivity contribution in [2.45, 2.75) is 36.1 Å². The number of carbonyl (C=O) groups is 1. The van der Waals surface area contributed by atoms with Crippen molar-refractivity contribution in [3.05, 3.63) is 60.2 Å². The second-order valence-corrected chi connectivity index (χ2v) is 7.20. The third-order valence-corrected chi connectivity index (χ3v) is 4.78. The smallest absolute Gasteiger partial charge is 0.270 e. The van der Waals surface area contributed by atoms with Gasteiger partial charge in [0, 0.05) is 30.1 Å². The lowest BCUT2D eigenvalue weighted by Crippen LogP contribution is -2.31. The van der Waals surface area contributed by atoms with E-state index in [1.54, 1.807) is 16.8 Å². The minimum absolute atomic E-state index is 0.00422. The molecule has 1 N–H and O–H groups in total. The van der Waals surface area contributed by atoms with Gasteiger partial charge in [0.25, 0.3) is 5.91 Å². The largest absolute Gasteiger partial charge is 0.315 e. The van der Waals surface area contributed by atoms with Gasteiger partial charge in [0.1, 0.15) is 0 Å². The Morgan fingerprint density at radius 1 is 1.16 bits per heavy atom. The molecule has 5 nitrogen and oxygen atoms in total. The van der Waals surface area contributed by atoms with Crippen LogP contribution < -0.4 is 5.32 Å². The molecule has 0 aromatic heterocycles. The minimum Gasteiger partial charge on any atom is -0.315 e. The number of nitrogens with zero attached hydrogens (tertiary/aromatic N) is 3. The number of benzene rings is 2. The van der Waals surface area contributed by atoms with Crippen molar-refractivity contribution in [2.24, 2.45) is 5.22 Å².